The van der Waals surface area contributed by atoms with Crippen molar-refractivity contribution in [3.8, 4) is 0 Å². The van der Waals surface area contributed by atoms with Gasteiger partial charge >= 0.3 is 0 Å². The number of anilines is 2. The molecular formula is C14H22N4O. The smallest absolute Gasteiger partial charge is 0.256 e. The van der Waals surface area contributed by atoms with E-state index in [1.807, 2.05) is 19.0 Å². The molecule has 0 saturated carbocycles. The number of nitrogens with zero attached hydrogens (tertiary/aromatic N) is 2. The second kappa shape index (κ2) is 5.09. The van der Waals surface area contributed by atoms with Gasteiger partial charge in [0.25, 0.3) is 5.91 Å². The van der Waals surface area contributed by atoms with Crippen LogP contribution in [0.5, 0.6) is 0 Å². The van der Waals surface area contributed by atoms with Crippen LogP contribution in [0.1, 0.15) is 17.3 Å². The average Bonchev–Trinajstić information content (AvgIpc) is 2.70. The number of carbonyl (C=O) groups excluding carboxylic acids is 1. The van der Waals surface area contributed by atoms with E-state index in [1.165, 1.54) is 0 Å². The van der Waals surface area contributed by atoms with E-state index < -0.39 is 0 Å². The van der Waals surface area contributed by atoms with E-state index >= 15 is 0 Å². The fourth-order valence-corrected chi connectivity index (χ4v) is 2.73. The van der Waals surface area contributed by atoms with Gasteiger partial charge in [-0.05, 0) is 38.2 Å². The van der Waals surface area contributed by atoms with Crippen LogP contribution in [0.2, 0.25) is 0 Å². The van der Waals surface area contributed by atoms with Crippen molar-refractivity contribution in [2.24, 2.45) is 5.92 Å². The van der Waals surface area contributed by atoms with Gasteiger partial charge < -0.3 is 21.3 Å². The Labute approximate surface area is 114 Å². The molecule has 5 heteroatoms. The monoisotopic (exact) mass is 262 g/mol. The van der Waals surface area contributed by atoms with Gasteiger partial charge in [0.1, 0.15) is 0 Å². The molecule has 1 saturated heterocycles. The minimum atomic E-state index is -0.00583. The highest BCUT2D eigenvalue weighted by Crippen LogP contribution is 2.24. The highest BCUT2D eigenvalue weighted by Gasteiger charge is 2.34. The Bertz CT molecular complexity index is 486. The van der Waals surface area contributed by atoms with E-state index in [-0.39, 0.29) is 5.91 Å². The van der Waals surface area contributed by atoms with Crippen molar-refractivity contribution >= 4 is 17.3 Å². The number of benzene rings is 1. The molecule has 1 aromatic carbocycles. The highest BCUT2D eigenvalue weighted by molar-refractivity contribution is 5.99. The molecule has 1 heterocycles. The zero-order valence-electron chi connectivity index (χ0n) is 11.8. The molecular weight excluding hydrogens is 240 g/mol. The summed E-state index contributed by atoms with van der Waals surface area (Å²) >= 11 is 0. The summed E-state index contributed by atoms with van der Waals surface area (Å²) in [6.45, 7) is 3.69. The van der Waals surface area contributed by atoms with Crippen LogP contribution in [0.25, 0.3) is 0 Å². The first-order chi connectivity index (χ1) is 8.90. The third-order valence-electron chi connectivity index (χ3n) is 3.83. The Balaban J connectivity index is 2.17. The van der Waals surface area contributed by atoms with Gasteiger partial charge in [0, 0.05) is 30.5 Å². The summed E-state index contributed by atoms with van der Waals surface area (Å²) in [5.41, 5.74) is 13.1. The number of carbonyl (C=O) groups is 1. The molecule has 2 unspecified atom stereocenters. The van der Waals surface area contributed by atoms with Crippen molar-refractivity contribution in [1.29, 1.82) is 0 Å². The molecule has 1 aliphatic heterocycles. The molecule has 0 bridgehead atoms. The van der Waals surface area contributed by atoms with Gasteiger partial charge in [-0.1, -0.05) is 6.92 Å². The van der Waals surface area contributed by atoms with E-state index in [1.54, 1.807) is 18.2 Å². The minimum absolute atomic E-state index is 0.00583. The minimum Gasteiger partial charge on any atom is -0.399 e. The number of hydrogen-bond donors (Lipinski definition) is 2. The van der Waals surface area contributed by atoms with Crippen LogP contribution >= 0.6 is 0 Å². The lowest BCUT2D eigenvalue weighted by molar-refractivity contribution is 0.0782. The first-order valence-corrected chi connectivity index (χ1v) is 6.51. The summed E-state index contributed by atoms with van der Waals surface area (Å²) in [6, 6.07) is 5.46. The van der Waals surface area contributed by atoms with Crippen molar-refractivity contribution in [2.75, 3.05) is 38.7 Å². The summed E-state index contributed by atoms with van der Waals surface area (Å²) in [7, 11) is 4.10. The summed E-state index contributed by atoms with van der Waals surface area (Å²) in [5.74, 6) is 0.461. The van der Waals surface area contributed by atoms with Crippen molar-refractivity contribution in [2.45, 2.75) is 13.0 Å². The highest BCUT2D eigenvalue weighted by atomic mass is 16.2. The van der Waals surface area contributed by atoms with E-state index in [9.17, 15) is 4.79 Å². The first-order valence-electron chi connectivity index (χ1n) is 6.51. The molecule has 2 atom stereocenters. The number of rotatable bonds is 2. The Kier molecular flexibility index (Phi) is 3.66. The van der Waals surface area contributed by atoms with Crippen LogP contribution in [-0.2, 0) is 0 Å². The van der Waals surface area contributed by atoms with Gasteiger partial charge in [-0.25, -0.2) is 0 Å². The van der Waals surface area contributed by atoms with Crippen molar-refractivity contribution in [1.82, 2.24) is 9.80 Å². The fourth-order valence-electron chi connectivity index (χ4n) is 2.73. The standard InChI is InChI=1S/C14H22N4O/c1-9-7-18(8-13(9)17(2)3)14(19)11-5-4-10(15)6-12(11)16/h4-6,9,13H,7-8,15-16H2,1-3H3. The zero-order chi connectivity index (χ0) is 14.2. The Hall–Kier alpha value is -1.75. The molecule has 1 fully saturated rings. The van der Waals surface area contributed by atoms with Crippen molar-refractivity contribution in [3.63, 3.8) is 0 Å². The fraction of sp³-hybridized carbons (Fsp3) is 0.500. The molecule has 1 aliphatic rings. The Morgan fingerprint density at radius 3 is 2.53 bits per heavy atom. The molecule has 0 spiro atoms. The van der Waals surface area contributed by atoms with Crippen molar-refractivity contribution in [3.05, 3.63) is 23.8 Å². The lowest BCUT2D eigenvalue weighted by Gasteiger charge is -2.22. The predicted octanol–water partition coefficient (Wildman–Crippen LogP) is 0.873. The van der Waals surface area contributed by atoms with E-state index in [2.05, 4.69) is 11.8 Å². The Morgan fingerprint density at radius 1 is 1.32 bits per heavy atom. The zero-order valence-corrected chi connectivity index (χ0v) is 11.8. The maximum atomic E-state index is 12.5. The molecule has 19 heavy (non-hydrogen) atoms. The summed E-state index contributed by atoms with van der Waals surface area (Å²) in [5, 5.41) is 0. The lowest BCUT2D eigenvalue weighted by Crippen LogP contribution is -2.36. The van der Waals surface area contributed by atoms with Crippen LogP contribution in [0, 0.1) is 5.92 Å². The van der Waals surface area contributed by atoms with Crippen LogP contribution in [0.15, 0.2) is 18.2 Å². The van der Waals surface area contributed by atoms with Crippen molar-refractivity contribution < 1.29 is 4.79 Å². The molecule has 5 nitrogen and oxygen atoms in total. The lowest BCUT2D eigenvalue weighted by atomic mass is 10.1. The molecule has 0 aliphatic carbocycles. The van der Waals surface area contributed by atoms with Gasteiger partial charge in [-0.2, -0.15) is 0 Å². The molecule has 104 valence electrons. The van der Waals surface area contributed by atoms with Crippen LogP contribution in [-0.4, -0.2) is 48.9 Å². The third kappa shape index (κ3) is 2.66. The van der Waals surface area contributed by atoms with E-state index in [4.69, 9.17) is 11.5 Å². The number of nitrogen functional groups attached to an aromatic ring is 2. The molecule has 2 rings (SSSR count). The summed E-state index contributed by atoms with van der Waals surface area (Å²) in [4.78, 5) is 16.5. The summed E-state index contributed by atoms with van der Waals surface area (Å²) < 4.78 is 0. The SMILES string of the molecule is CC1CN(C(=O)c2ccc(N)cc2N)CC1N(C)C. The first kappa shape index (κ1) is 13.7. The van der Waals surface area contributed by atoms with Crippen LogP contribution in [0.3, 0.4) is 0 Å². The largest absolute Gasteiger partial charge is 0.399 e. The quantitative estimate of drug-likeness (QED) is 0.776. The van der Waals surface area contributed by atoms with Gasteiger partial charge in [0.15, 0.2) is 0 Å². The molecule has 0 radical (unpaired) electrons. The summed E-state index contributed by atoms with van der Waals surface area (Å²) in [6.07, 6.45) is 0. The van der Waals surface area contributed by atoms with Gasteiger partial charge in [0.05, 0.1) is 5.56 Å². The topological polar surface area (TPSA) is 75.6 Å². The van der Waals surface area contributed by atoms with Gasteiger partial charge in [0.2, 0.25) is 0 Å². The predicted molar refractivity (Wildman–Crippen MR) is 77.8 cm³/mol. The average molecular weight is 262 g/mol. The van der Waals surface area contributed by atoms with Gasteiger partial charge in [-0.15, -0.1) is 0 Å². The molecule has 0 aromatic heterocycles. The third-order valence-corrected chi connectivity index (χ3v) is 3.83. The maximum absolute atomic E-state index is 12.5. The molecule has 4 N–H and O–H groups in total. The second-order valence-electron chi connectivity index (χ2n) is 5.57. The number of nitrogens with two attached hydrogens (primary N) is 2. The van der Waals surface area contributed by atoms with Crippen LogP contribution < -0.4 is 11.5 Å². The number of likely N-dealkylation sites (tertiary alicyclic amines) is 1. The van der Waals surface area contributed by atoms with Gasteiger partial charge in [-0.3, -0.25) is 4.79 Å². The number of hydrogen-bond acceptors (Lipinski definition) is 4. The van der Waals surface area contributed by atoms with Crippen LogP contribution in [0.4, 0.5) is 11.4 Å². The number of amides is 1. The van der Waals surface area contributed by atoms with E-state index in [0.29, 0.717) is 28.9 Å². The molecule has 1 amide bonds. The normalized spacial score (nSPS) is 23.1. The second-order valence-corrected chi connectivity index (χ2v) is 5.57. The molecule has 1 aromatic rings. The maximum Gasteiger partial charge on any atom is 0.256 e. The van der Waals surface area contributed by atoms with E-state index in [0.717, 1.165) is 13.1 Å². The Morgan fingerprint density at radius 2 is 2.00 bits per heavy atom. The number of likely N-dealkylation sites (N-methyl/N-ethyl adjacent to an activating group) is 1.